The minimum atomic E-state index is -0.432. The molecule has 8 nitrogen and oxygen atoms in total. The molecule has 0 unspecified atom stereocenters. The predicted octanol–water partition coefficient (Wildman–Crippen LogP) is 1.94. The predicted molar refractivity (Wildman–Crippen MR) is 109 cm³/mol. The van der Waals surface area contributed by atoms with E-state index in [0.29, 0.717) is 19.0 Å². The summed E-state index contributed by atoms with van der Waals surface area (Å²) in [6.07, 6.45) is 5.73. The van der Waals surface area contributed by atoms with Gasteiger partial charge in [-0.15, -0.1) is 0 Å². The first-order valence-electron chi connectivity index (χ1n) is 9.99. The van der Waals surface area contributed by atoms with Gasteiger partial charge in [0.1, 0.15) is 11.5 Å². The van der Waals surface area contributed by atoms with Crippen molar-refractivity contribution in [3.63, 3.8) is 0 Å². The van der Waals surface area contributed by atoms with Gasteiger partial charge in [-0.05, 0) is 32.2 Å². The number of anilines is 1. The molecular formula is C20H29N7O. The molecule has 3 aromatic rings. The smallest absolute Gasteiger partial charge is 0.160 e. The fraction of sp³-hybridized carbons (Fsp3) is 0.550. The Kier molecular flexibility index (Phi) is 5.32. The third-order valence-corrected chi connectivity index (χ3v) is 5.33. The van der Waals surface area contributed by atoms with Crippen LogP contribution in [-0.4, -0.2) is 66.4 Å². The maximum Gasteiger partial charge on any atom is 0.160 e. The standard InChI is InChI=1S/C20H29N7O/c1-14-5-4-7-26(12-14)13-16(28)11-22-18-9-15(2)23-19-10-17(24-27(18)19)20-21-6-8-25(20)3/h6,8-10,14,16,22,28H,4-5,7,11-13H2,1-3H3/t14-,16-/m0/s1. The third kappa shape index (κ3) is 4.02. The maximum atomic E-state index is 10.5. The van der Waals surface area contributed by atoms with Crippen LogP contribution in [0.25, 0.3) is 17.2 Å². The molecule has 0 spiro atoms. The van der Waals surface area contributed by atoms with Crippen LogP contribution in [-0.2, 0) is 7.05 Å². The molecule has 0 bridgehead atoms. The molecule has 0 aliphatic carbocycles. The van der Waals surface area contributed by atoms with Gasteiger partial charge < -0.3 is 19.9 Å². The molecule has 28 heavy (non-hydrogen) atoms. The van der Waals surface area contributed by atoms with Gasteiger partial charge in [-0.1, -0.05) is 6.92 Å². The van der Waals surface area contributed by atoms with Gasteiger partial charge in [-0.25, -0.2) is 9.97 Å². The quantitative estimate of drug-likeness (QED) is 0.677. The van der Waals surface area contributed by atoms with E-state index in [4.69, 9.17) is 0 Å². The molecule has 8 heteroatoms. The van der Waals surface area contributed by atoms with Crippen molar-refractivity contribution in [1.29, 1.82) is 0 Å². The average Bonchev–Trinajstić information content (AvgIpc) is 3.25. The Morgan fingerprint density at radius 1 is 1.36 bits per heavy atom. The van der Waals surface area contributed by atoms with E-state index in [9.17, 15) is 5.11 Å². The Morgan fingerprint density at radius 3 is 2.96 bits per heavy atom. The first kappa shape index (κ1) is 18.9. The first-order chi connectivity index (χ1) is 13.5. The number of piperidine rings is 1. The van der Waals surface area contributed by atoms with Gasteiger partial charge >= 0.3 is 0 Å². The summed E-state index contributed by atoms with van der Waals surface area (Å²) in [7, 11) is 1.95. The Morgan fingerprint density at radius 2 is 2.21 bits per heavy atom. The molecule has 1 saturated heterocycles. The molecule has 3 aromatic heterocycles. The van der Waals surface area contributed by atoms with E-state index < -0.39 is 6.10 Å². The van der Waals surface area contributed by atoms with Crippen molar-refractivity contribution in [3.05, 3.63) is 30.2 Å². The molecule has 4 heterocycles. The monoisotopic (exact) mass is 383 g/mol. The number of likely N-dealkylation sites (tertiary alicyclic amines) is 1. The molecule has 4 rings (SSSR count). The van der Waals surface area contributed by atoms with Gasteiger partial charge in [0.05, 0.1) is 6.10 Å². The SMILES string of the molecule is Cc1cc(NC[C@H](O)CN2CCC[C@H](C)C2)n2nc(-c3nccn3C)cc2n1. The number of aromatic nitrogens is 5. The Balaban J connectivity index is 1.48. The highest BCUT2D eigenvalue weighted by molar-refractivity contribution is 5.61. The van der Waals surface area contributed by atoms with Crippen LogP contribution in [0.1, 0.15) is 25.5 Å². The van der Waals surface area contributed by atoms with E-state index in [1.165, 1.54) is 12.8 Å². The van der Waals surface area contributed by atoms with Crippen LogP contribution in [0.15, 0.2) is 24.5 Å². The molecule has 2 N–H and O–H groups in total. The van der Waals surface area contributed by atoms with Crippen LogP contribution < -0.4 is 5.32 Å². The Bertz CT molecular complexity index is 947. The summed E-state index contributed by atoms with van der Waals surface area (Å²) in [5, 5.41) is 18.6. The number of aliphatic hydroxyl groups excluding tert-OH is 1. The Hall–Kier alpha value is -2.45. The van der Waals surface area contributed by atoms with Crippen molar-refractivity contribution in [1.82, 2.24) is 29.0 Å². The minimum Gasteiger partial charge on any atom is -0.390 e. The van der Waals surface area contributed by atoms with Gasteiger partial charge in [0.15, 0.2) is 11.5 Å². The highest BCUT2D eigenvalue weighted by Crippen LogP contribution is 2.20. The zero-order valence-corrected chi connectivity index (χ0v) is 16.8. The summed E-state index contributed by atoms with van der Waals surface area (Å²) >= 11 is 0. The molecule has 0 amide bonds. The van der Waals surface area contributed by atoms with Crippen LogP contribution in [0, 0.1) is 12.8 Å². The van der Waals surface area contributed by atoms with Crippen LogP contribution in [0.5, 0.6) is 0 Å². The fourth-order valence-corrected chi connectivity index (χ4v) is 3.99. The van der Waals surface area contributed by atoms with Crippen molar-refractivity contribution in [3.8, 4) is 11.5 Å². The highest BCUT2D eigenvalue weighted by Gasteiger charge is 2.19. The zero-order chi connectivity index (χ0) is 19.7. The summed E-state index contributed by atoms with van der Waals surface area (Å²) in [5.74, 6) is 2.34. The molecule has 0 saturated carbocycles. The lowest BCUT2D eigenvalue weighted by atomic mass is 10.00. The van der Waals surface area contributed by atoms with Crippen LogP contribution in [0.2, 0.25) is 0 Å². The van der Waals surface area contributed by atoms with Crippen molar-refractivity contribution >= 4 is 11.5 Å². The van der Waals surface area contributed by atoms with E-state index in [0.717, 1.165) is 41.8 Å². The van der Waals surface area contributed by atoms with Gasteiger partial charge in [0.25, 0.3) is 0 Å². The van der Waals surface area contributed by atoms with Crippen molar-refractivity contribution in [2.45, 2.75) is 32.8 Å². The Labute approximate surface area is 165 Å². The second-order valence-corrected chi connectivity index (χ2v) is 7.99. The molecule has 1 aliphatic rings. The normalized spacial score (nSPS) is 19.2. The van der Waals surface area contributed by atoms with Gasteiger partial charge in [-0.3, -0.25) is 0 Å². The van der Waals surface area contributed by atoms with E-state index in [1.54, 1.807) is 10.7 Å². The number of fused-ring (bicyclic) bond motifs is 1. The number of nitrogens with one attached hydrogen (secondary N) is 1. The summed E-state index contributed by atoms with van der Waals surface area (Å²) < 4.78 is 3.72. The van der Waals surface area contributed by atoms with E-state index in [1.807, 2.05) is 36.9 Å². The largest absolute Gasteiger partial charge is 0.390 e. The third-order valence-electron chi connectivity index (χ3n) is 5.33. The van der Waals surface area contributed by atoms with E-state index in [2.05, 4.69) is 32.2 Å². The highest BCUT2D eigenvalue weighted by atomic mass is 16.3. The molecule has 0 aromatic carbocycles. The number of rotatable bonds is 6. The number of imidazole rings is 1. The minimum absolute atomic E-state index is 0.432. The van der Waals surface area contributed by atoms with E-state index >= 15 is 0 Å². The molecule has 1 fully saturated rings. The van der Waals surface area contributed by atoms with Crippen molar-refractivity contribution in [2.24, 2.45) is 13.0 Å². The zero-order valence-electron chi connectivity index (χ0n) is 16.8. The van der Waals surface area contributed by atoms with Gasteiger partial charge in [-0.2, -0.15) is 9.61 Å². The lowest BCUT2D eigenvalue weighted by molar-refractivity contribution is 0.0947. The topological polar surface area (TPSA) is 83.5 Å². The second-order valence-electron chi connectivity index (χ2n) is 7.99. The first-order valence-corrected chi connectivity index (χ1v) is 9.99. The summed E-state index contributed by atoms with van der Waals surface area (Å²) in [5.41, 5.74) is 2.44. The second kappa shape index (κ2) is 7.89. The summed E-state index contributed by atoms with van der Waals surface area (Å²) in [4.78, 5) is 11.3. The number of hydrogen-bond donors (Lipinski definition) is 2. The summed E-state index contributed by atoms with van der Waals surface area (Å²) in [6, 6.07) is 3.89. The lowest BCUT2D eigenvalue weighted by Gasteiger charge is -2.32. The number of β-amino-alcohol motifs (C(OH)–C–C–N with tert-alkyl or cyclic N) is 1. The molecule has 1 aliphatic heterocycles. The molecule has 150 valence electrons. The van der Waals surface area contributed by atoms with Gasteiger partial charge in [0, 0.05) is 56.9 Å². The number of nitrogens with zero attached hydrogens (tertiary/aromatic N) is 6. The maximum absolute atomic E-state index is 10.5. The lowest BCUT2D eigenvalue weighted by Crippen LogP contribution is -2.41. The van der Waals surface area contributed by atoms with Crippen LogP contribution in [0.3, 0.4) is 0 Å². The fourth-order valence-electron chi connectivity index (χ4n) is 3.99. The van der Waals surface area contributed by atoms with Crippen molar-refractivity contribution < 1.29 is 5.11 Å². The number of aliphatic hydroxyl groups is 1. The van der Waals surface area contributed by atoms with Gasteiger partial charge in [0.2, 0.25) is 0 Å². The molecule has 2 atom stereocenters. The summed E-state index contributed by atoms with van der Waals surface area (Å²) in [6.45, 7) is 7.56. The molecule has 0 radical (unpaired) electrons. The number of aryl methyl sites for hydroxylation is 2. The molecular weight excluding hydrogens is 354 g/mol. The van der Waals surface area contributed by atoms with E-state index in [-0.39, 0.29) is 0 Å². The number of hydrogen-bond acceptors (Lipinski definition) is 6. The average molecular weight is 384 g/mol. The van der Waals surface area contributed by atoms with Crippen LogP contribution in [0.4, 0.5) is 5.82 Å². The van der Waals surface area contributed by atoms with Crippen LogP contribution >= 0.6 is 0 Å². The van der Waals surface area contributed by atoms with Crippen molar-refractivity contribution in [2.75, 3.05) is 31.5 Å².